The number of nitrogens with one attached hydrogen (secondary N) is 1. The summed E-state index contributed by atoms with van der Waals surface area (Å²) >= 11 is 9.25. The molecule has 0 aliphatic heterocycles. The van der Waals surface area contributed by atoms with Crippen LogP contribution < -0.4 is 5.32 Å². The van der Waals surface area contributed by atoms with E-state index in [4.69, 9.17) is 11.6 Å². The van der Waals surface area contributed by atoms with Gasteiger partial charge in [0, 0.05) is 10.7 Å². The lowest BCUT2D eigenvalue weighted by Crippen LogP contribution is -2.12. The minimum atomic E-state index is -0.390. The molecule has 92 valence electrons. The van der Waals surface area contributed by atoms with E-state index >= 15 is 0 Å². The zero-order valence-corrected chi connectivity index (χ0v) is 11.4. The largest absolute Gasteiger partial charge is 0.506 e. The Morgan fingerprint density at radius 2 is 2.11 bits per heavy atom. The van der Waals surface area contributed by atoms with E-state index < -0.39 is 5.91 Å². The highest BCUT2D eigenvalue weighted by atomic mass is 79.9. The first-order chi connectivity index (χ1) is 8.56. The number of benzene rings is 1. The quantitative estimate of drug-likeness (QED) is 0.888. The number of aromatic hydroxyl groups is 1. The van der Waals surface area contributed by atoms with Gasteiger partial charge in [0.1, 0.15) is 5.75 Å². The van der Waals surface area contributed by atoms with Crippen molar-refractivity contribution >= 4 is 39.1 Å². The van der Waals surface area contributed by atoms with Gasteiger partial charge in [0.2, 0.25) is 0 Å². The van der Waals surface area contributed by atoms with E-state index in [-0.39, 0.29) is 11.3 Å². The average molecular weight is 328 g/mol. The standard InChI is InChI=1S/C12H8BrClN2O2/c13-8-1-2-10(14)11(4-8)16-12(18)7-3-9(17)6-15-5-7/h1-6,17H,(H,16,18). The fourth-order valence-corrected chi connectivity index (χ4v) is 1.87. The average Bonchev–Trinajstić information content (AvgIpc) is 2.34. The second kappa shape index (κ2) is 5.37. The lowest BCUT2D eigenvalue weighted by molar-refractivity contribution is 0.102. The monoisotopic (exact) mass is 326 g/mol. The first-order valence-electron chi connectivity index (χ1n) is 4.96. The van der Waals surface area contributed by atoms with E-state index in [2.05, 4.69) is 26.2 Å². The molecule has 0 aliphatic carbocycles. The lowest BCUT2D eigenvalue weighted by Gasteiger charge is -2.07. The topological polar surface area (TPSA) is 62.2 Å². The van der Waals surface area contributed by atoms with Crippen LogP contribution in [0.25, 0.3) is 0 Å². The fraction of sp³-hybridized carbons (Fsp3) is 0. The van der Waals surface area contributed by atoms with Crippen molar-refractivity contribution in [2.24, 2.45) is 0 Å². The van der Waals surface area contributed by atoms with Gasteiger partial charge in [-0.15, -0.1) is 0 Å². The van der Waals surface area contributed by atoms with Crippen LogP contribution in [0.1, 0.15) is 10.4 Å². The molecule has 2 rings (SSSR count). The molecule has 0 saturated carbocycles. The molecule has 0 radical (unpaired) electrons. The van der Waals surface area contributed by atoms with Gasteiger partial charge in [-0.3, -0.25) is 9.78 Å². The van der Waals surface area contributed by atoms with Crippen molar-refractivity contribution in [3.8, 4) is 5.75 Å². The maximum atomic E-state index is 11.9. The summed E-state index contributed by atoms with van der Waals surface area (Å²) in [6.45, 7) is 0. The normalized spacial score (nSPS) is 10.1. The number of halogens is 2. The molecule has 1 aromatic carbocycles. The summed E-state index contributed by atoms with van der Waals surface area (Å²) < 4.78 is 0.802. The van der Waals surface area contributed by atoms with Gasteiger partial charge < -0.3 is 10.4 Å². The fourth-order valence-electron chi connectivity index (χ4n) is 1.34. The molecule has 2 aromatic rings. The zero-order chi connectivity index (χ0) is 13.1. The molecular weight excluding hydrogens is 320 g/mol. The molecular formula is C12H8BrClN2O2. The van der Waals surface area contributed by atoms with Crippen LogP contribution in [0.2, 0.25) is 5.02 Å². The summed E-state index contributed by atoms with van der Waals surface area (Å²) in [7, 11) is 0. The first kappa shape index (κ1) is 12.9. The number of hydrogen-bond donors (Lipinski definition) is 2. The molecule has 1 aromatic heterocycles. The maximum absolute atomic E-state index is 11.9. The highest BCUT2D eigenvalue weighted by Gasteiger charge is 2.09. The number of nitrogens with zero attached hydrogens (tertiary/aromatic N) is 1. The lowest BCUT2D eigenvalue weighted by atomic mass is 10.2. The Kier molecular flexibility index (Phi) is 3.84. The van der Waals surface area contributed by atoms with E-state index in [1.807, 2.05) is 0 Å². The molecule has 0 fully saturated rings. The molecule has 0 atom stereocenters. The third kappa shape index (κ3) is 3.00. The highest BCUT2D eigenvalue weighted by Crippen LogP contribution is 2.26. The molecule has 0 saturated heterocycles. The van der Waals surface area contributed by atoms with E-state index in [0.717, 1.165) is 4.47 Å². The third-order valence-electron chi connectivity index (χ3n) is 2.16. The van der Waals surface area contributed by atoms with E-state index in [1.165, 1.54) is 18.5 Å². The van der Waals surface area contributed by atoms with Crippen LogP contribution in [-0.4, -0.2) is 16.0 Å². The van der Waals surface area contributed by atoms with Crippen molar-refractivity contribution < 1.29 is 9.90 Å². The van der Waals surface area contributed by atoms with Crippen molar-refractivity contribution in [3.05, 3.63) is 51.7 Å². The van der Waals surface area contributed by atoms with Gasteiger partial charge >= 0.3 is 0 Å². The van der Waals surface area contributed by atoms with Crippen LogP contribution >= 0.6 is 27.5 Å². The number of amides is 1. The molecule has 0 bridgehead atoms. The van der Waals surface area contributed by atoms with Gasteiger partial charge in [0.05, 0.1) is 22.5 Å². The van der Waals surface area contributed by atoms with Crippen molar-refractivity contribution in [1.29, 1.82) is 0 Å². The number of hydrogen-bond acceptors (Lipinski definition) is 3. The van der Waals surface area contributed by atoms with Crippen molar-refractivity contribution in [3.63, 3.8) is 0 Å². The summed E-state index contributed by atoms with van der Waals surface area (Å²) in [6.07, 6.45) is 2.61. The predicted molar refractivity (Wildman–Crippen MR) is 73.0 cm³/mol. The Hall–Kier alpha value is -1.59. The maximum Gasteiger partial charge on any atom is 0.257 e. The zero-order valence-electron chi connectivity index (χ0n) is 9.02. The molecule has 1 amide bonds. The molecule has 6 heteroatoms. The summed E-state index contributed by atoms with van der Waals surface area (Å²) in [5.41, 5.74) is 0.741. The van der Waals surface area contributed by atoms with E-state index in [9.17, 15) is 9.90 Å². The van der Waals surface area contributed by atoms with Crippen LogP contribution in [0.4, 0.5) is 5.69 Å². The van der Waals surface area contributed by atoms with Crippen LogP contribution in [0, 0.1) is 0 Å². The molecule has 0 unspecified atom stereocenters. The Morgan fingerprint density at radius 1 is 1.33 bits per heavy atom. The molecule has 1 heterocycles. The highest BCUT2D eigenvalue weighted by molar-refractivity contribution is 9.10. The van der Waals surface area contributed by atoms with Crippen molar-refractivity contribution in [2.45, 2.75) is 0 Å². The number of carbonyl (C=O) groups excluding carboxylic acids is 1. The van der Waals surface area contributed by atoms with Gasteiger partial charge in [-0.2, -0.15) is 0 Å². The van der Waals surface area contributed by atoms with Gasteiger partial charge in [-0.05, 0) is 24.3 Å². The number of pyridine rings is 1. The predicted octanol–water partition coefficient (Wildman–Crippen LogP) is 3.46. The number of carbonyl (C=O) groups is 1. The van der Waals surface area contributed by atoms with Gasteiger partial charge in [-0.1, -0.05) is 27.5 Å². The number of rotatable bonds is 2. The second-order valence-electron chi connectivity index (χ2n) is 3.51. The Balaban J connectivity index is 2.24. The first-order valence-corrected chi connectivity index (χ1v) is 6.14. The summed E-state index contributed by atoms with van der Waals surface area (Å²) in [5, 5.41) is 12.3. The Labute approximate surface area is 117 Å². The molecule has 0 aliphatic rings. The van der Waals surface area contributed by atoms with Crippen molar-refractivity contribution in [2.75, 3.05) is 5.32 Å². The van der Waals surface area contributed by atoms with Crippen molar-refractivity contribution in [1.82, 2.24) is 4.98 Å². The van der Waals surface area contributed by atoms with Gasteiger partial charge in [0.25, 0.3) is 5.91 Å². The Bertz CT molecular complexity index is 604. The smallest absolute Gasteiger partial charge is 0.257 e. The number of anilines is 1. The molecule has 0 spiro atoms. The second-order valence-corrected chi connectivity index (χ2v) is 4.83. The van der Waals surface area contributed by atoms with E-state index in [1.54, 1.807) is 18.2 Å². The van der Waals surface area contributed by atoms with Crippen LogP contribution in [0.15, 0.2) is 41.1 Å². The van der Waals surface area contributed by atoms with Crippen LogP contribution in [0.3, 0.4) is 0 Å². The summed E-state index contributed by atoms with van der Waals surface area (Å²) in [6, 6.07) is 6.46. The summed E-state index contributed by atoms with van der Waals surface area (Å²) in [4.78, 5) is 15.6. The van der Waals surface area contributed by atoms with Crippen LogP contribution in [-0.2, 0) is 0 Å². The van der Waals surface area contributed by atoms with Gasteiger partial charge in [-0.25, -0.2) is 0 Å². The minimum absolute atomic E-state index is 0.0667. The summed E-state index contributed by atoms with van der Waals surface area (Å²) in [5.74, 6) is -0.457. The van der Waals surface area contributed by atoms with Gasteiger partial charge in [0.15, 0.2) is 0 Å². The number of aromatic nitrogens is 1. The molecule has 2 N–H and O–H groups in total. The molecule has 18 heavy (non-hydrogen) atoms. The molecule has 4 nitrogen and oxygen atoms in total. The SMILES string of the molecule is O=C(Nc1cc(Br)ccc1Cl)c1cncc(O)c1. The third-order valence-corrected chi connectivity index (χ3v) is 2.99. The van der Waals surface area contributed by atoms with Crippen LogP contribution in [0.5, 0.6) is 5.75 Å². The minimum Gasteiger partial charge on any atom is -0.506 e. The Morgan fingerprint density at radius 3 is 2.83 bits per heavy atom. The van der Waals surface area contributed by atoms with E-state index in [0.29, 0.717) is 10.7 Å².